The van der Waals surface area contributed by atoms with Gasteiger partial charge in [-0.3, -0.25) is 14.4 Å². The van der Waals surface area contributed by atoms with Gasteiger partial charge in [0.15, 0.2) is 0 Å². The molecule has 28 heavy (non-hydrogen) atoms. The molecule has 4 fully saturated rings. The Morgan fingerprint density at radius 2 is 1.68 bits per heavy atom. The number of piperidine rings is 1. The highest BCUT2D eigenvalue weighted by Gasteiger charge is 2.37. The smallest absolute Gasteiger partial charge is 0.225 e. The molecule has 156 valence electrons. The van der Waals surface area contributed by atoms with Crippen LogP contribution in [0.3, 0.4) is 0 Å². The van der Waals surface area contributed by atoms with Gasteiger partial charge >= 0.3 is 0 Å². The molecule has 0 aromatic heterocycles. The third-order valence-corrected chi connectivity index (χ3v) is 6.82. The number of hydrogen-bond acceptors (Lipinski definition) is 4. The third kappa shape index (κ3) is 4.85. The van der Waals surface area contributed by atoms with Crippen LogP contribution < -0.4 is 5.32 Å². The van der Waals surface area contributed by atoms with Gasteiger partial charge in [-0.2, -0.15) is 0 Å². The molecule has 1 saturated carbocycles. The molecule has 0 unspecified atom stereocenters. The molecule has 0 radical (unpaired) electrons. The fraction of sp³-hybridized carbons (Fsp3) is 0.857. The van der Waals surface area contributed by atoms with E-state index in [1.54, 1.807) is 0 Å². The van der Waals surface area contributed by atoms with E-state index >= 15 is 0 Å². The van der Waals surface area contributed by atoms with E-state index in [1.807, 2.05) is 9.80 Å². The average Bonchev–Trinajstić information content (AvgIpc) is 3.49. The van der Waals surface area contributed by atoms with Crippen LogP contribution in [0.15, 0.2) is 0 Å². The monoisotopic (exact) mass is 391 g/mol. The second-order valence-electron chi connectivity index (χ2n) is 9.04. The lowest BCUT2D eigenvalue weighted by atomic mass is 9.93. The molecule has 4 rings (SSSR count). The Bertz CT molecular complexity index is 592. The first-order chi connectivity index (χ1) is 13.6. The fourth-order valence-corrected chi connectivity index (χ4v) is 4.69. The molecule has 1 atom stereocenters. The summed E-state index contributed by atoms with van der Waals surface area (Å²) in [6.45, 7) is 5.01. The Hall–Kier alpha value is -1.63. The van der Waals surface area contributed by atoms with Crippen molar-refractivity contribution in [2.75, 3.05) is 45.9 Å². The van der Waals surface area contributed by atoms with E-state index in [4.69, 9.17) is 4.74 Å². The summed E-state index contributed by atoms with van der Waals surface area (Å²) < 4.78 is 5.36. The van der Waals surface area contributed by atoms with Crippen LogP contribution in [-0.4, -0.2) is 73.5 Å². The Morgan fingerprint density at radius 3 is 2.36 bits per heavy atom. The number of hydrogen-bond donors (Lipinski definition) is 1. The summed E-state index contributed by atoms with van der Waals surface area (Å²) in [5, 5.41) is 3.01. The minimum atomic E-state index is -0.193. The highest BCUT2D eigenvalue weighted by Crippen LogP contribution is 2.29. The minimum absolute atomic E-state index is 0.0413. The molecule has 7 nitrogen and oxygen atoms in total. The van der Waals surface area contributed by atoms with Crippen LogP contribution in [0, 0.1) is 23.7 Å². The van der Waals surface area contributed by atoms with E-state index in [0.29, 0.717) is 38.0 Å². The topological polar surface area (TPSA) is 79.0 Å². The SMILES string of the molecule is O=C(NCC1CC1)[C@H]1CC(=O)N(CC2CCN(C(=O)C3CCOCC3)CC2)C1. The summed E-state index contributed by atoms with van der Waals surface area (Å²) in [5.41, 5.74) is 0. The highest BCUT2D eigenvalue weighted by atomic mass is 16.5. The lowest BCUT2D eigenvalue weighted by Gasteiger charge is -2.36. The maximum Gasteiger partial charge on any atom is 0.225 e. The fourth-order valence-electron chi connectivity index (χ4n) is 4.69. The van der Waals surface area contributed by atoms with Crippen molar-refractivity contribution in [1.82, 2.24) is 15.1 Å². The number of likely N-dealkylation sites (tertiary alicyclic amines) is 2. The maximum absolute atomic E-state index is 12.6. The molecular weight excluding hydrogens is 358 g/mol. The molecule has 0 aromatic carbocycles. The van der Waals surface area contributed by atoms with E-state index in [2.05, 4.69) is 5.32 Å². The highest BCUT2D eigenvalue weighted by molar-refractivity contribution is 5.89. The van der Waals surface area contributed by atoms with Crippen molar-refractivity contribution in [3.8, 4) is 0 Å². The zero-order valence-corrected chi connectivity index (χ0v) is 16.7. The Balaban J connectivity index is 1.19. The van der Waals surface area contributed by atoms with Gasteiger partial charge < -0.3 is 19.9 Å². The van der Waals surface area contributed by atoms with Crippen LogP contribution in [0.25, 0.3) is 0 Å². The molecule has 1 aliphatic carbocycles. The van der Waals surface area contributed by atoms with Crippen LogP contribution in [0.4, 0.5) is 0 Å². The number of ether oxygens (including phenoxy) is 1. The zero-order chi connectivity index (χ0) is 19.5. The standard InChI is InChI=1S/C21H33N3O4/c25-19-11-18(20(26)22-12-15-1-2-15)14-24(19)13-16-3-7-23(8-4-16)21(27)17-5-9-28-10-6-17/h15-18H,1-14H2,(H,22,26)/t18-/m0/s1. The van der Waals surface area contributed by atoms with Gasteiger partial charge in [0.1, 0.15) is 0 Å². The van der Waals surface area contributed by atoms with Crippen molar-refractivity contribution >= 4 is 17.7 Å². The summed E-state index contributed by atoms with van der Waals surface area (Å²) in [7, 11) is 0. The van der Waals surface area contributed by atoms with Gasteiger partial charge in [-0.25, -0.2) is 0 Å². The van der Waals surface area contributed by atoms with Gasteiger partial charge in [-0.1, -0.05) is 0 Å². The van der Waals surface area contributed by atoms with Crippen molar-refractivity contribution < 1.29 is 19.1 Å². The number of rotatable bonds is 6. The van der Waals surface area contributed by atoms with Gasteiger partial charge in [0.05, 0.1) is 5.92 Å². The van der Waals surface area contributed by atoms with E-state index in [-0.39, 0.29) is 29.6 Å². The minimum Gasteiger partial charge on any atom is -0.381 e. The summed E-state index contributed by atoms with van der Waals surface area (Å²) >= 11 is 0. The first-order valence-corrected chi connectivity index (χ1v) is 11.0. The molecule has 4 aliphatic rings. The van der Waals surface area contributed by atoms with Gasteiger partial charge in [-0.15, -0.1) is 0 Å². The molecule has 3 aliphatic heterocycles. The van der Waals surface area contributed by atoms with Gasteiger partial charge in [0.2, 0.25) is 17.7 Å². The van der Waals surface area contributed by atoms with Gasteiger partial charge in [0, 0.05) is 58.3 Å². The first-order valence-electron chi connectivity index (χ1n) is 11.0. The van der Waals surface area contributed by atoms with Gasteiger partial charge in [-0.05, 0) is 50.4 Å². The normalized spacial score (nSPS) is 27.3. The summed E-state index contributed by atoms with van der Waals surface area (Å²) in [5.74, 6) is 1.45. The number of amides is 3. The molecule has 0 spiro atoms. The number of carbonyl (C=O) groups is 3. The molecular formula is C21H33N3O4. The predicted molar refractivity (Wildman–Crippen MR) is 103 cm³/mol. The van der Waals surface area contributed by atoms with Crippen LogP contribution in [-0.2, 0) is 19.1 Å². The van der Waals surface area contributed by atoms with E-state index in [9.17, 15) is 14.4 Å². The number of carbonyl (C=O) groups excluding carboxylic acids is 3. The molecule has 0 bridgehead atoms. The average molecular weight is 392 g/mol. The molecule has 7 heteroatoms. The zero-order valence-electron chi connectivity index (χ0n) is 16.7. The predicted octanol–water partition coefficient (Wildman–Crippen LogP) is 1.03. The van der Waals surface area contributed by atoms with Crippen molar-refractivity contribution in [2.24, 2.45) is 23.7 Å². The van der Waals surface area contributed by atoms with E-state index in [0.717, 1.165) is 51.9 Å². The first kappa shape index (κ1) is 19.7. The Kier molecular flexibility index (Phi) is 6.19. The van der Waals surface area contributed by atoms with Crippen LogP contribution in [0.5, 0.6) is 0 Å². The van der Waals surface area contributed by atoms with Gasteiger partial charge in [0.25, 0.3) is 0 Å². The van der Waals surface area contributed by atoms with Crippen molar-refractivity contribution in [1.29, 1.82) is 0 Å². The third-order valence-electron chi connectivity index (χ3n) is 6.82. The quantitative estimate of drug-likeness (QED) is 0.733. The molecule has 3 amide bonds. The van der Waals surface area contributed by atoms with E-state index in [1.165, 1.54) is 12.8 Å². The number of nitrogens with one attached hydrogen (secondary N) is 1. The maximum atomic E-state index is 12.6. The molecule has 0 aromatic rings. The van der Waals surface area contributed by atoms with Crippen LogP contribution in [0.1, 0.15) is 44.9 Å². The summed E-state index contributed by atoms with van der Waals surface area (Å²) in [6, 6.07) is 0. The largest absolute Gasteiger partial charge is 0.381 e. The second-order valence-corrected chi connectivity index (χ2v) is 9.04. The summed E-state index contributed by atoms with van der Waals surface area (Å²) in [6.07, 6.45) is 6.33. The van der Waals surface area contributed by atoms with Crippen LogP contribution >= 0.6 is 0 Å². The molecule has 3 saturated heterocycles. The lowest BCUT2D eigenvalue weighted by Crippen LogP contribution is -2.45. The van der Waals surface area contributed by atoms with E-state index < -0.39 is 0 Å². The summed E-state index contributed by atoms with van der Waals surface area (Å²) in [4.78, 5) is 41.2. The Morgan fingerprint density at radius 1 is 0.964 bits per heavy atom. The molecule has 3 heterocycles. The van der Waals surface area contributed by atoms with Crippen molar-refractivity contribution in [2.45, 2.75) is 44.9 Å². The van der Waals surface area contributed by atoms with Crippen molar-refractivity contribution in [3.05, 3.63) is 0 Å². The van der Waals surface area contributed by atoms with Crippen molar-refractivity contribution in [3.63, 3.8) is 0 Å². The molecule has 1 N–H and O–H groups in total. The van der Waals surface area contributed by atoms with Crippen LogP contribution in [0.2, 0.25) is 0 Å². The lowest BCUT2D eigenvalue weighted by molar-refractivity contribution is -0.140. The second kappa shape index (κ2) is 8.80. The number of nitrogens with zero attached hydrogens (tertiary/aromatic N) is 2. The Labute approximate surface area is 167 Å².